The van der Waals surface area contributed by atoms with E-state index < -0.39 is 6.09 Å². The molecule has 1 aromatic heterocycles. The summed E-state index contributed by atoms with van der Waals surface area (Å²) in [6.45, 7) is 1.14. The van der Waals surface area contributed by atoms with Crippen LogP contribution < -0.4 is 10.6 Å². The van der Waals surface area contributed by atoms with Crippen LogP contribution in [0, 0.1) is 11.8 Å². The van der Waals surface area contributed by atoms with Crippen LogP contribution in [0.15, 0.2) is 42.6 Å². The second-order valence-electron chi connectivity index (χ2n) is 7.22. The first-order valence-electron chi connectivity index (χ1n) is 9.48. The van der Waals surface area contributed by atoms with Gasteiger partial charge < -0.3 is 15.7 Å². The highest BCUT2D eigenvalue weighted by Gasteiger charge is 2.22. The monoisotopic (exact) mass is 401 g/mol. The standard InChI is InChI=1S/C21H24ClN3O3/c22-18-3-1-2-16(10-18)19-11-17(8-9-23-19)20(26)24-12-14-4-6-15(7-5-14)13-25-21(27)28/h1-3,8-11,14-15,25H,4-7,12-13H2,(H,24,26)(H,27,28). The van der Waals surface area contributed by atoms with Crippen molar-refractivity contribution in [3.05, 3.63) is 53.2 Å². The lowest BCUT2D eigenvalue weighted by Gasteiger charge is -2.28. The van der Waals surface area contributed by atoms with Crippen LogP contribution in [-0.2, 0) is 0 Å². The van der Waals surface area contributed by atoms with Crippen molar-refractivity contribution in [3.63, 3.8) is 0 Å². The summed E-state index contributed by atoms with van der Waals surface area (Å²) in [6, 6.07) is 10.9. The van der Waals surface area contributed by atoms with Gasteiger partial charge in [0.15, 0.2) is 0 Å². The summed E-state index contributed by atoms with van der Waals surface area (Å²) in [7, 11) is 0. The number of benzene rings is 1. The molecule has 1 aliphatic rings. The summed E-state index contributed by atoms with van der Waals surface area (Å²) in [5, 5.41) is 14.8. The fourth-order valence-corrected chi connectivity index (χ4v) is 3.78. The van der Waals surface area contributed by atoms with Gasteiger partial charge in [0.25, 0.3) is 5.91 Å². The van der Waals surface area contributed by atoms with Crippen LogP contribution in [0.4, 0.5) is 4.79 Å². The number of nitrogens with zero attached hydrogens (tertiary/aromatic N) is 1. The normalized spacial score (nSPS) is 19.0. The van der Waals surface area contributed by atoms with Crippen LogP contribution in [0.5, 0.6) is 0 Å². The number of carbonyl (C=O) groups is 2. The smallest absolute Gasteiger partial charge is 0.404 e. The molecule has 3 N–H and O–H groups in total. The second kappa shape index (κ2) is 9.55. The van der Waals surface area contributed by atoms with Crippen LogP contribution >= 0.6 is 11.6 Å². The van der Waals surface area contributed by atoms with Crippen molar-refractivity contribution in [2.24, 2.45) is 11.8 Å². The second-order valence-corrected chi connectivity index (χ2v) is 7.66. The number of aromatic nitrogens is 1. The summed E-state index contributed by atoms with van der Waals surface area (Å²) < 4.78 is 0. The zero-order chi connectivity index (χ0) is 19.9. The first-order chi connectivity index (χ1) is 13.5. The van der Waals surface area contributed by atoms with Gasteiger partial charge in [-0.3, -0.25) is 9.78 Å². The van der Waals surface area contributed by atoms with Gasteiger partial charge in [-0.2, -0.15) is 0 Å². The highest BCUT2D eigenvalue weighted by Crippen LogP contribution is 2.28. The van der Waals surface area contributed by atoms with Crippen LogP contribution in [0.25, 0.3) is 11.3 Å². The average Bonchev–Trinajstić information content (AvgIpc) is 2.71. The van der Waals surface area contributed by atoms with Gasteiger partial charge in [-0.1, -0.05) is 23.7 Å². The topological polar surface area (TPSA) is 91.3 Å². The lowest BCUT2D eigenvalue weighted by Crippen LogP contribution is -2.34. The minimum absolute atomic E-state index is 0.111. The van der Waals surface area contributed by atoms with Gasteiger partial charge in [-0.25, -0.2) is 4.79 Å². The van der Waals surface area contributed by atoms with Crippen molar-refractivity contribution in [2.75, 3.05) is 13.1 Å². The third-order valence-electron chi connectivity index (χ3n) is 5.20. The van der Waals surface area contributed by atoms with E-state index in [2.05, 4.69) is 15.6 Å². The Hall–Kier alpha value is -2.60. The molecule has 1 saturated carbocycles. The Morgan fingerprint density at radius 1 is 1.04 bits per heavy atom. The molecule has 1 aromatic carbocycles. The number of nitrogens with one attached hydrogen (secondary N) is 2. The molecule has 7 heteroatoms. The Balaban J connectivity index is 1.51. The lowest BCUT2D eigenvalue weighted by atomic mass is 9.82. The number of carbonyl (C=O) groups excluding carboxylic acids is 1. The molecule has 0 spiro atoms. The molecule has 0 saturated heterocycles. The van der Waals surface area contributed by atoms with Crippen LogP contribution in [0.3, 0.4) is 0 Å². The van der Waals surface area contributed by atoms with Crippen LogP contribution in [0.1, 0.15) is 36.0 Å². The summed E-state index contributed by atoms with van der Waals surface area (Å²) in [5.41, 5.74) is 2.15. The Kier molecular flexibility index (Phi) is 6.87. The summed E-state index contributed by atoms with van der Waals surface area (Å²) in [5.74, 6) is 0.711. The highest BCUT2D eigenvalue weighted by atomic mass is 35.5. The number of hydrogen-bond donors (Lipinski definition) is 3. The Morgan fingerprint density at radius 3 is 2.36 bits per heavy atom. The van der Waals surface area contributed by atoms with E-state index in [-0.39, 0.29) is 5.91 Å². The predicted octanol–water partition coefficient (Wildman–Crippen LogP) is 4.21. The van der Waals surface area contributed by atoms with Crippen molar-refractivity contribution in [2.45, 2.75) is 25.7 Å². The zero-order valence-corrected chi connectivity index (χ0v) is 16.3. The van der Waals surface area contributed by atoms with Gasteiger partial charge in [0.2, 0.25) is 0 Å². The van der Waals surface area contributed by atoms with E-state index in [1.54, 1.807) is 24.4 Å². The fraction of sp³-hybridized carbons (Fsp3) is 0.381. The maximum Gasteiger partial charge on any atom is 0.404 e. The highest BCUT2D eigenvalue weighted by molar-refractivity contribution is 6.30. The number of amides is 2. The van der Waals surface area contributed by atoms with E-state index in [1.165, 1.54) is 0 Å². The Morgan fingerprint density at radius 2 is 1.71 bits per heavy atom. The van der Waals surface area contributed by atoms with Crippen molar-refractivity contribution in [1.29, 1.82) is 0 Å². The minimum atomic E-state index is -0.969. The van der Waals surface area contributed by atoms with Crippen molar-refractivity contribution < 1.29 is 14.7 Å². The van der Waals surface area contributed by atoms with Gasteiger partial charge in [0.05, 0.1) is 5.69 Å². The van der Waals surface area contributed by atoms with Gasteiger partial charge in [-0.15, -0.1) is 0 Å². The number of hydrogen-bond acceptors (Lipinski definition) is 3. The average molecular weight is 402 g/mol. The molecule has 0 unspecified atom stereocenters. The predicted molar refractivity (Wildman–Crippen MR) is 108 cm³/mol. The maximum absolute atomic E-state index is 12.5. The van der Waals surface area contributed by atoms with E-state index in [9.17, 15) is 9.59 Å². The van der Waals surface area contributed by atoms with E-state index in [0.29, 0.717) is 41.2 Å². The molecule has 0 bridgehead atoms. The van der Waals surface area contributed by atoms with E-state index in [4.69, 9.17) is 16.7 Å². The molecule has 0 atom stereocenters. The summed E-state index contributed by atoms with van der Waals surface area (Å²) in [6.07, 6.45) is 4.62. The van der Waals surface area contributed by atoms with Gasteiger partial charge >= 0.3 is 6.09 Å². The molecular weight excluding hydrogens is 378 g/mol. The summed E-state index contributed by atoms with van der Waals surface area (Å²) >= 11 is 6.04. The maximum atomic E-state index is 12.5. The molecule has 2 aromatic rings. The van der Waals surface area contributed by atoms with E-state index in [0.717, 1.165) is 31.2 Å². The van der Waals surface area contributed by atoms with Crippen molar-refractivity contribution in [1.82, 2.24) is 15.6 Å². The van der Waals surface area contributed by atoms with Crippen LogP contribution in [-0.4, -0.2) is 35.2 Å². The first kappa shape index (κ1) is 20.1. The first-order valence-corrected chi connectivity index (χ1v) is 9.86. The zero-order valence-electron chi connectivity index (χ0n) is 15.5. The number of carboxylic acid groups (broad SMARTS) is 1. The molecule has 2 amide bonds. The third-order valence-corrected chi connectivity index (χ3v) is 5.44. The van der Waals surface area contributed by atoms with Crippen molar-refractivity contribution in [3.8, 4) is 11.3 Å². The van der Waals surface area contributed by atoms with E-state index >= 15 is 0 Å². The van der Waals surface area contributed by atoms with Gasteiger partial charge in [0, 0.05) is 35.4 Å². The quantitative estimate of drug-likeness (QED) is 0.676. The Labute approximate surface area is 169 Å². The van der Waals surface area contributed by atoms with Crippen molar-refractivity contribution >= 4 is 23.6 Å². The summed E-state index contributed by atoms with van der Waals surface area (Å²) in [4.78, 5) is 27.5. The molecular formula is C21H24ClN3O3. The van der Waals surface area contributed by atoms with Gasteiger partial charge in [-0.05, 0) is 61.8 Å². The van der Waals surface area contributed by atoms with Gasteiger partial charge in [0.1, 0.15) is 0 Å². The molecule has 0 radical (unpaired) electrons. The molecule has 6 nitrogen and oxygen atoms in total. The number of rotatable bonds is 6. The molecule has 148 valence electrons. The third kappa shape index (κ3) is 5.70. The lowest BCUT2D eigenvalue weighted by molar-refractivity contribution is 0.0940. The van der Waals surface area contributed by atoms with E-state index in [1.807, 2.05) is 18.2 Å². The molecule has 3 rings (SSSR count). The Bertz CT molecular complexity index is 835. The number of pyridine rings is 1. The SMILES string of the molecule is O=C(O)NCC1CCC(CNC(=O)c2ccnc(-c3cccc(Cl)c3)c2)CC1. The molecule has 1 aliphatic carbocycles. The number of halogens is 1. The largest absolute Gasteiger partial charge is 0.465 e. The van der Waals surface area contributed by atoms with Crippen LogP contribution in [0.2, 0.25) is 5.02 Å². The minimum Gasteiger partial charge on any atom is -0.465 e. The molecule has 1 fully saturated rings. The molecule has 0 aliphatic heterocycles. The molecule has 1 heterocycles. The fourth-order valence-electron chi connectivity index (χ4n) is 3.59. The molecule has 28 heavy (non-hydrogen) atoms.